The summed E-state index contributed by atoms with van der Waals surface area (Å²) in [4.78, 5) is 3.68. The van der Waals surface area contributed by atoms with Gasteiger partial charge in [-0.2, -0.15) is 0 Å². The van der Waals surface area contributed by atoms with Crippen LogP contribution in [0.15, 0.2) is 0 Å². The van der Waals surface area contributed by atoms with Gasteiger partial charge in [-0.3, -0.25) is 0 Å². The van der Waals surface area contributed by atoms with Crippen LogP contribution in [0, 0.1) is 0 Å². The van der Waals surface area contributed by atoms with Crippen LogP contribution in [-0.4, -0.2) is 92.0 Å². The Morgan fingerprint density at radius 1 is 0.404 bits per heavy atom. The SMILES string of the molecule is CC(C)(C)[PH+](C(C)(C)C)C(C)(C)C.CC(C)(C)[PH+](C(C)(C)C)C(C)(C)C.CC(C)(C)[PH+](C(C)(C)C)C(C)(C)C.CCN(CC)C(=S)[S-].CN(C)C(=S)[S-].[Au+].[Au+].[Cl][Au]. The molecule has 0 saturated heterocycles. The van der Waals surface area contributed by atoms with Crippen LogP contribution in [0.3, 0.4) is 0 Å². The zero-order valence-electron chi connectivity index (χ0n) is 43.2. The number of halogens is 1. The van der Waals surface area contributed by atoms with Crippen molar-refractivity contribution in [3.05, 3.63) is 0 Å². The fourth-order valence-electron chi connectivity index (χ4n) is 10.6. The Labute approximate surface area is 435 Å². The van der Waals surface area contributed by atoms with Gasteiger partial charge in [0, 0.05) is 50.9 Å². The van der Waals surface area contributed by atoms with Crippen molar-refractivity contribution in [3.63, 3.8) is 0 Å². The van der Waals surface area contributed by atoms with Crippen molar-refractivity contribution in [3.8, 4) is 0 Å². The van der Waals surface area contributed by atoms with Gasteiger partial charge in [0.25, 0.3) is 0 Å². The summed E-state index contributed by atoms with van der Waals surface area (Å²) in [5, 5.41) is 4.39. The van der Waals surface area contributed by atoms with Crippen LogP contribution in [0.5, 0.6) is 0 Å². The van der Waals surface area contributed by atoms with Gasteiger partial charge in [-0.25, -0.2) is 0 Å². The number of nitrogens with zero attached hydrogens (tertiary/aromatic N) is 2. The molecule has 0 heterocycles. The van der Waals surface area contributed by atoms with Crippen LogP contribution < -0.4 is 0 Å². The Hall–Kier alpha value is 4.02. The minimum atomic E-state index is -0.391. The van der Waals surface area contributed by atoms with Gasteiger partial charge in [0.2, 0.25) is 0 Å². The van der Waals surface area contributed by atoms with E-state index in [-0.39, 0.29) is 44.8 Å². The first-order valence-electron chi connectivity index (χ1n) is 20.1. The van der Waals surface area contributed by atoms with Gasteiger partial charge in [0.15, 0.2) is 0 Å². The van der Waals surface area contributed by atoms with Gasteiger partial charge < -0.3 is 59.5 Å². The Kier molecular flexibility index (Phi) is 43.7. The van der Waals surface area contributed by atoms with Crippen molar-refractivity contribution in [2.45, 2.75) is 247 Å². The van der Waals surface area contributed by atoms with Crippen LogP contribution in [0.25, 0.3) is 0 Å². The Balaban J connectivity index is -0.0000000880. The standard InChI is InChI=1S/3C12H27P.C5H11NS2.C3H7NS2.3Au.ClH/c3*1-10(2,3)13(11(4,5)6)12(7,8)9;1-3-6(4-2)5(7)8;1-4(2)3(5)6;;;;/h3*1-9H3;3-4H2,1-2H3,(H,7,8);1-2H3,(H,5,6);;;;1H/q;;;;;3*+1;. The third-order valence-electron chi connectivity index (χ3n) is 8.14. The molecule has 0 amide bonds. The molecule has 0 saturated carbocycles. The van der Waals surface area contributed by atoms with E-state index in [1.165, 1.54) is 0 Å². The summed E-state index contributed by atoms with van der Waals surface area (Å²) < 4.78 is 1.09. The molecule has 13 heteroatoms. The molecule has 0 aliphatic carbocycles. The second kappa shape index (κ2) is 31.9. The topological polar surface area (TPSA) is 6.48 Å². The van der Waals surface area contributed by atoms with Crippen LogP contribution in [0.2, 0.25) is 0 Å². The van der Waals surface area contributed by atoms with Crippen molar-refractivity contribution in [1.29, 1.82) is 0 Å². The predicted octanol–water partition coefficient (Wildman–Crippen LogP) is 16.0. The first-order valence-corrected chi connectivity index (χ1v) is 28.9. The van der Waals surface area contributed by atoms with E-state index < -0.39 is 23.8 Å². The van der Waals surface area contributed by atoms with E-state index in [1.54, 1.807) is 24.9 Å². The summed E-state index contributed by atoms with van der Waals surface area (Å²) in [6.07, 6.45) is 0. The summed E-state index contributed by atoms with van der Waals surface area (Å²) in [5.74, 6) is 0. The molecule has 2 nitrogen and oxygen atoms in total. The summed E-state index contributed by atoms with van der Waals surface area (Å²) in [6, 6.07) is 0. The Morgan fingerprint density at radius 3 is 0.509 bits per heavy atom. The molecule has 0 aromatic carbocycles. The molecule has 0 spiro atoms. The summed E-state index contributed by atoms with van der Waals surface area (Å²) in [6.45, 7) is 70.8. The van der Waals surface area contributed by atoms with Crippen LogP contribution >= 0.6 is 57.4 Å². The second-order valence-corrected chi connectivity index (χ2v) is 41.8. The molecule has 0 rings (SSSR count). The normalized spacial score (nSPS) is 12.6. The van der Waals surface area contributed by atoms with Crippen LogP contribution in [0.4, 0.5) is 0 Å². The minimum absolute atomic E-state index is 0. The average molecular weight is 1500 g/mol. The van der Waals surface area contributed by atoms with Gasteiger partial charge in [-0.05, 0) is 201 Å². The molecule has 0 fully saturated rings. The summed E-state index contributed by atoms with van der Waals surface area (Å²) in [5.41, 5.74) is 0. The van der Waals surface area contributed by atoms with Gasteiger partial charge in [-0.15, -0.1) is 0 Å². The van der Waals surface area contributed by atoms with Crippen molar-refractivity contribution >= 4 is 91.3 Å². The van der Waals surface area contributed by atoms with Gasteiger partial charge in [0.1, 0.15) is 0 Å². The molecular formula is C44H100Au3ClN2P3S4+3. The van der Waals surface area contributed by atoms with E-state index in [0.29, 0.717) is 55.0 Å². The first-order chi connectivity index (χ1) is 23.5. The molecule has 0 aromatic rings. The molecular weight excluding hydrogens is 1400 g/mol. The maximum absolute atomic E-state index is 4.76. The molecule has 0 aliphatic heterocycles. The maximum atomic E-state index is 4.76. The van der Waals surface area contributed by atoms with Gasteiger partial charge >= 0.3 is 73.9 Å². The first kappa shape index (κ1) is 78.2. The summed E-state index contributed by atoms with van der Waals surface area (Å²) in [7, 11) is 7.07. The second-order valence-electron chi connectivity index (χ2n) is 24.0. The molecule has 0 aliphatic rings. The molecule has 57 heavy (non-hydrogen) atoms. The number of rotatable bonds is 2. The van der Waals surface area contributed by atoms with Gasteiger partial charge in [0.05, 0.1) is 46.4 Å². The monoisotopic (exact) mass is 1500 g/mol. The van der Waals surface area contributed by atoms with Crippen molar-refractivity contribution in [2.75, 3.05) is 27.2 Å². The van der Waals surface area contributed by atoms with E-state index in [0.717, 1.165) is 13.1 Å². The average Bonchev–Trinajstić information content (AvgIpc) is 2.78. The van der Waals surface area contributed by atoms with Crippen molar-refractivity contribution in [1.82, 2.24) is 9.80 Å². The van der Waals surface area contributed by atoms with E-state index in [1.807, 2.05) is 32.8 Å². The predicted molar refractivity (Wildman–Crippen MR) is 285 cm³/mol. The number of thiocarbonyl (C=S) groups is 2. The molecule has 0 bridgehead atoms. The van der Waals surface area contributed by atoms with Crippen LogP contribution in [0.1, 0.15) is 201 Å². The van der Waals surface area contributed by atoms with E-state index in [4.69, 9.17) is 24.8 Å². The van der Waals surface area contributed by atoms with E-state index in [2.05, 4.69) is 221 Å². The molecule has 0 unspecified atom stereocenters. The van der Waals surface area contributed by atoms with Gasteiger partial charge in [-0.1, -0.05) is 8.64 Å². The fraction of sp³-hybridized carbons (Fsp3) is 0.955. The molecule has 362 valence electrons. The third kappa shape index (κ3) is 41.2. The Morgan fingerprint density at radius 2 is 0.509 bits per heavy atom. The summed E-state index contributed by atoms with van der Waals surface area (Å²) >= 11 is 20.4. The molecule has 0 N–H and O–H groups in total. The zero-order chi connectivity index (χ0) is 47.0. The molecule has 0 atom stereocenters. The fourth-order valence-corrected chi connectivity index (χ4v) is 31.4. The quantitative estimate of drug-likeness (QED) is 0.117. The number of hydrogen-bond acceptors (Lipinski definition) is 4. The molecule has 0 radical (unpaired) electrons. The molecule has 0 aromatic heterocycles. The van der Waals surface area contributed by atoms with E-state index >= 15 is 0 Å². The zero-order valence-corrected chi connectivity index (χ0v) is 56.7. The van der Waals surface area contributed by atoms with Crippen molar-refractivity contribution < 1.29 is 64.7 Å². The third-order valence-corrected chi connectivity index (χ3v) is 22.9. The Bertz CT molecular complexity index is 832. The number of hydrogen-bond donors (Lipinski definition) is 0. The van der Waals surface area contributed by atoms with Crippen molar-refractivity contribution in [2.24, 2.45) is 0 Å². The van der Waals surface area contributed by atoms with E-state index in [9.17, 15) is 0 Å². The van der Waals surface area contributed by atoms with Crippen LogP contribution in [-0.2, 0) is 90.0 Å².